The van der Waals surface area contributed by atoms with Crippen LogP contribution in [0.2, 0.25) is 0 Å². The fourth-order valence-electron chi connectivity index (χ4n) is 1.75. The number of likely N-dealkylation sites (N-methyl/N-ethyl adjacent to an activating group) is 1. The fourth-order valence-corrected chi connectivity index (χ4v) is 1.75. The summed E-state index contributed by atoms with van der Waals surface area (Å²) in [7, 11) is 1.60. The SMILES string of the molecule is CN(CC(=O)CC1CCC1)C(=O)OC(C)(C)C. The third kappa shape index (κ3) is 5.20. The highest BCUT2D eigenvalue weighted by molar-refractivity contribution is 5.84. The first kappa shape index (κ1) is 14.0. The van der Waals surface area contributed by atoms with Crippen LogP contribution in [-0.4, -0.2) is 36.0 Å². The predicted octanol–water partition coefficient (Wildman–Crippen LogP) is 2.61. The van der Waals surface area contributed by atoms with Crippen LogP contribution in [0.1, 0.15) is 46.5 Å². The highest BCUT2D eigenvalue weighted by Crippen LogP contribution is 2.29. The molecular formula is C13H23NO3. The van der Waals surface area contributed by atoms with Crippen LogP contribution in [0.3, 0.4) is 0 Å². The number of ketones is 1. The van der Waals surface area contributed by atoms with E-state index in [4.69, 9.17) is 4.74 Å². The molecule has 0 aromatic carbocycles. The van der Waals surface area contributed by atoms with Crippen LogP contribution in [0.25, 0.3) is 0 Å². The van der Waals surface area contributed by atoms with Crippen LogP contribution in [0.4, 0.5) is 4.79 Å². The maximum atomic E-state index is 11.7. The summed E-state index contributed by atoms with van der Waals surface area (Å²) in [4.78, 5) is 24.6. The van der Waals surface area contributed by atoms with Crippen molar-refractivity contribution >= 4 is 11.9 Å². The van der Waals surface area contributed by atoms with Crippen LogP contribution in [0.15, 0.2) is 0 Å². The van der Waals surface area contributed by atoms with E-state index in [0.717, 1.165) is 12.8 Å². The van der Waals surface area contributed by atoms with E-state index in [0.29, 0.717) is 12.3 Å². The van der Waals surface area contributed by atoms with E-state index in [1.165, 1.54) is 11.3 Å². The minimum atomic E-state index is -0.512. The zero-order valence-corrected chi connectivity index (χ0v) is 11.3. The Morgan fingerprint density at radius 3 is 2.29 bits per heavy atom. The van der Waals surface area contributed by atoms with E-state index < -0.39 is 11.7 Å². The van der Waals surface area contributed by atoms with Crippen molar-refractivity contribution in [3.63, 3.8) is 0 Å². The molecule has 0 unspecified atom stereocenters. The Morgan fingerprint density at radius 1 is 1.29 bits per heavy atom. The molecule has 0 aliphatic heterocycles. The van der Waals surface area contributed by atoms with Crippen LogP contribution >= 0.6 is 0 Å². The lowest BCUT2D eigenvalue weighted by Crippen LogP contribution is -2.37. The molecule has 1 fully saturated rings. The third-order valence-corrected chi connectivity index (χ3v) is 2.86. The smallest absolute Gasteiger partial charge is 0.410 e. The zero-order chi connectivity index (χ0) is 13.1. The van der Waals surface area contributed by atoms with Gasteiger partial charge in [-0.2, -0.15) is 0 Å². The number of ether oxygens (including phenoxy) is 1. The summed E-state index contributed by atoms with van der Waals surface area (Å²) < 4.78 is 5.18. The summed E-state index contributed by atoms with van der Waals surface area (Å²) >= 11 is 0. The minimum Gasteiger partial charge on any atom is -0.444 e. The van der Waals surface area contributed by atoms with Crippen molar-refractivity contribution in [3.05, 3.63) is 0 Å². The number of rotatable bonds is 4. The first-order valence-corrected chi connectivity index (χ1v) is 6.24. The van der Waals surface area contributed by atoms with Crippen molar-refractivity contribution in [2.24, 2.45) is 5.92 Å². The number of hydrogen-bond acceptors (Lipinski definition) is 3. The van der Waals surface area contributed by atoms with E-state index in [9.17, 15) is 9.59 Å². The molecule has 1 aliphatic rings. The molecule has 0 bridgehead atoms. The molecule has 4 heteroatoms. The predicted molar refractivity (Wildman–Crippen MR) is 65.8 cm³/mol. The van der Waals surface area contributed by atoms with Crippen molar-refractivity contribution in [3.8, 4) is 0 Å². The van der Waals surface area contributed by atoms with E-state index >= 15 is 0 Å². The Labute approximate surface area is 103 Å². The Kier molecular flexibility index (Phi) is 4.54. The summed E-state index contributed by atoms with van der Waals surface area (Å²) in [6.07, 6.45) is 3.72. The molecule has 1 amide bonds. The summed E-state index contributed by atoms with van der Waals surface area (Å²) in [6.45, 7) is 5.60. The molecule has 0 heterocycles. The van der Waals surface area contributed by atoms with Gasteiger partial charge in [0.25, 0.3) is 0 Å². The van der Waals surface area contributed by atoms with Crippen LogP contribution in [-0.2, 0) is 9.53 Å². The van der Waals surface area contributed by atoms with Gasteiger partial charge in [-0.05, 0) is 26.7 Å². The molecule has 0 radical (unpaired) electrons. The fraction of sp³-hybridized carbons (Fsp3) is 0.846. The average Bonchev–Trinajstić information content (AvgIpc) is 2.08. The monoisotopic (exact) mass is 241 g/mol. The van der Waals surface area contributed by atoms with Gasteiger partial charge in [0.05, 0.1) is 6.54 Å². The molecule has 0 N–H and O–H groups in total. The Balaban J connectivity index is 2.29. The third-order valence-electron chi connectivity index (χ3n) is 2.86. The highest BCUT2D eigenvalue weighted by Gasteiger charge is 2.24. The number of carbonyl (C=O) groups excluding carboxylic acids is 2. The van der Waals surface area contributed by atoms with Crippen molar-refractivity contribution < 1.29 is 14.3 Å². The second-order valence-corrected chi connectivity index (χ2v) is 5.88. The van der Waals surface area contributed by atoms with E-state index in [2.05, 4.69) is 0 Å². The van der Waals surface area contributed by atoms with Crippen LogP contribution < -0.4 is 0 Å². The average molecular weight is 241 g/mol. The van der Waals surface area contributed by atoms with Crippen LogP contribution in [0.5, 0.6) is 0 Å². The number of hydrogen-bond donors (Lipinski definition) is 0. The number of nitrogens with zero attached hydrogens (tertiary/aromatic N) is 1. The maximum Gasteiger partial charge on any atom is 0.410 e. The summed E-state index contributed by atoms with van der Waals surface area (Å²) in [5.74, 6) is 0.678. The summed E-state index contributed by atoms with van der Waals surface area (Å²) in [5.41, 5.74) is -0.512. The Morgan fingerprint density at radius 2 is 1.88 bits per heavy atom. The minimum absolute atomic E-state index is 0.128. The molecule has 1 rings (SSSR count). The normalized spacial score (nSPS) is 16.2. The molecule has 17 heavy (non-hydrogen) atoms. The Hall–Kier alpha value is -1.06. The molecule has 1 aliphatic carbocycles. The first-order valence-electron chi connectivity index (χ1n) is 6.24. The van der Waals surface area contributed by atoms with Crippen molar-refractivity contribution in [1.82, 2.24) is 4.90 Å². The van der Waals surface area contributed by atoms with Gasteiger partial charge in [0.2, 0.25) is 0 Å². The maximum absolute atomic E-state index is 11.7. The molecule has 1 saturated carbocycles. The molecule has 0 spiro atoms. The van der Waals surface area contributed by atoms with E-state index in [1.807, 2.05) is 20.8 Å². The van der Waals surface area contributed by atoms with Crippen LogP contribution in [0, 0.1) is 5.92 Å². The largest absolute Gasteiger partial charge is 0.444 e. The van der Waals surface area contributed by atoms with Gasteiger partial charge in [-0.1, -0.05) is 19.3 Å². The number of amides is 1. The molecule has 98 valence electrons. The lowest BCUT2D eigenvalue weighted by atomic mass is 9.82. The second kappa shape index (κ2) is 5.52. The topological polar surface area (TPSA) is 46.6 Å². The number of carbonyl (C=O) groups is 2. The van der Waals surface area contributed by atoms with Gasteiger partial charge in [0, 0.05) is 13.5 Å². The van der Waals surface area contributed by atoms with Gasteiger partial charge in [0.15, 0.2) is 5.78 Å². The molecule has 0 aromatic heterocycles. The standard InChI is InChI=1S/C13H23NO3/c1-13(2,3)17-12(16)14(4)9-11(15)8-10-6-5-7-10/h10H,5-9H2,1-4H3. The van der Waals surface area contributed by atoms with Gasteiger partial charge in [-0.25, -0.2) is 4.79 Å². The molecule has 4 nitrogen and oxygen atoms in total. The molecule has 0 saturated heterocycles. The van der Waals surface area contributed by atoms with Gasteiger partial charge in [0.1, 0.15) is 5.60 Å². The summed E-state index contributed by atoms with van der Waals surface area (Å²) in [6, 6.07) is 0. The second-order valence-electron chi connectivity index (χ2n) is 5.88. The van der Waals surface area contributed by atoms with Gasteiger partial charge < -0.3 is 9.64 Å². The first-order chi connectivity index (χ1) is 7.78. The van der Waals surface area contributed by atoms with Crippen molar-refractivity contribution in [2.45, 2.75) is 52.1 Å². The van der Waals surface area contributed by atoms with Gasteiger partial charge in [-0.15, -0.1) is 0 Å². The molecular weight excluding hydrogens is 218 g/mol. The lowest BCUT2D eigenvalue weighted by molar-refractivity contribution is -0.121. The lowest BCUT2D eigenvalue weighted by Gasteiger charge is -2.27. The van der Waals surface area contributed by atoms with E-state index in [1.54, 1.807) is 7.05 Å². The van der Waals surface area contributed by atoms with E-state index in [-0.39, 0.29) is 12.3 Å². The van der Waals surface area contributed by atoms with Crippen molar-refractivity contribution in [1.29, 1.82) is 0 Å². The van der Waals surface area contributed by atoms with Gasteiger partial charge >= 0.3 is 6.09 Å². The quantitative estimate of drug-likeness (QED) is 0.760. The molecule has 0 atom stereocenters. The Bertz CT molecular complexity index is 290. The van der Waals surface area contributed by atoms with Crippen molar-refractivity contribution in [2.75, 3.05) is 13.6 Å². The zero-order valence-electron chi connectivity index (χ0n) is 11.3. The number of Topliss-reactive ketones (excluding diaryl/α,β-unsaturated/α-hetero) is 1. The summed E-state index contributed by atoms with van der Waals surface area (Å²) in [5, 5.41) is 0. The molecule has 0 aromatic rings. The highest BCUT2D eigenvalue weighted by atomic mass is 16.6. The van der Waals surface area contributed by atoms with Gasteiger partial charge in [-0.3, -0.25) is 4.79 Å².